The van der Waals surface area contributed by atoms with Gasteiger partial charge >= 0.3 is 0 Å². The van der Waals surface area contributed by atoms with Crippen molar-refractivity contribution in [1.82, 2.24) is 9.55 Å². The van der Waals surface area contributed by atoms with Gasteiger partial charge in [-0.3, -0.25) is 4.79 Å². The molecule has 5 heteroatoms. The van der Waals surface area contributed by atoms with Crippen molar-refractivity contribution in [2.24, 2.45) is 5.92 Å². The predicted octanol–water partition coefficient (Wildman–Crippen LogP) is 4.89. The first kappa shape index (κ1) is 18.3. The number of ether oxygens (including phenoxy) is 1. The average Bonchev–Trinajstić information content (AvgIpc) is 3.39. The molecule has 3 aromatic rings. The molecule has 0 spiro atoms. The topological polar surface area (TPSA) is 56.1 Å². The smallest absolute Gasteiger partial charge is 0.227 e. The Morgan fingerprint density at radius 2 is 1.96 bits per heavy atom. The first-order chi connectivity index (χ1) is 13.7. The minimum atomic E-state index is 0.125. The van der Waals surface area contributed by atoms with Crippen molar-refractivity contribution < 1.29 is 9.53 Å². The lowest BCUT2D eigenvalue weighted by Crippen LogP contribution is -2.20. The quantitative estimate of drug-likeness (QED) is 0.667. The Morgan fingerprint density at radius 1 is 1.18 bits per heavy atom. The molecule has 0 atom stereocenters. The third-order valence-corrected chi connectivity index (χ3v) is 5.27. The molecule has 1 N–H and O–H groups in total. The summed E-state index contributed by atoms with van der Waals surface area (Å²) in [6.07, 6.45) is 8.05. The molecule has 1 heterocycles. The van der Waals surface area contributed by atoms with E-state index in [4.69, 9.17) is 4.74 Å². The molecule has 2 aromatic carbocycles. The van der Waals surface area contributed by atoms with Crippen molar-refractivity contribution in [3.8, 4) is 11.4 Å². The Balaban J connectivity index is 1.35. The minimum absolute atomic E-state index is 0.125. The number of aryl methyl sites for hydroxylation is 1. The van der Waals surface area contributed by atoms with Crippen LogP contribution in [0.3, 0.4) is 0 Å². The summed E-state index contributed by atoms with van der Waals surface area (Å²) in [4.78, 5) is 16.6. The Bertz CT molecular complexity index is 940. The molecule has 1 saturated carbocycles. The summed E-state index contributed by atoms with van der Waals surface area (Å²) in [7, 11) is 0. The summed E-state index contributed by atoms with van der Waals surface area (Å²) >= 11 is 0. The van der Waals surface area contributed by atoms with E-state index in [0.717, 1.165) is 54.2 Å². The molecule has 28 heavy (non-hydrogen) atoms. The molecule has 0 radical (unpaired) electrons. The van der Waals surface area contributed by atoms with Gasteiger partial charge in [0.15, 0.2) is 0 Å². The van der Waals surface area contributed by atoms with Gasteiger partial charge in [0, 0.05) is 35.8 Å². The van der Waals surface area contributed by atoms with Gasteiger partial charge in [0.2, 0.25) is 5.91 Å². The molecule has 1 amide bonds. The molecule has 1 aliphatic rings. The van der Waals surface area contributed by atoms with Gasteiger partial charge in [-0.1, -0.05) is 31.0 Å². The van der Waals surface area contributed by atoms with Gasteiger partial charge in [-0.25, -0.2) is 4.98 Å². The number of rotatable bonds is 6. The molecule has 5 nitrogen and oxygen atoms in total. The molecule has 4 rings (SSSR count). The highest BCUT2D eigenvalue weighted by molar-refractivity contribution is 5.92. The Kier molecular flexibility index (Phi) is 5.42. The van der Waals surface area contributed by atoms with E-state index in [1.165, 1.54) is 0 Å². The minimum Gasteiger partial charge on any atom is -0.489 e. The van der Waals surface area contributed by atoms with Crippen LogP contribution in [0.15, 0.2) is 60.9 Å². The van der Waals surface area contributed by atoms with Gasteiger partial charge < -0.3 is 14.6 Å². The van der Waals surface area contributed by atoms with Crippen LogP contribution in [0, 0.1) is 12.8 Å². The number of amides is 1. The van der Waals surface area contributed by atoms with E-state index < -0.39 is 0 Å². The summed E-state index contributed by atoms with van der Waals surface area (Å²) in [6.45, 7) is 2.46. The highest BCUT2D eigenvalue weighted by Gasteiger charge is 2.22. The molecule has 0 saturated heterocycles. The number of nitrogens with one attached hydrogen (secondary N) is 1. The van der Waals surface area contributed by atoms with Crippen LogP contribution in [-0.4, -0.2) is 15.5 Å². The van der Waals surface area contributed by atoms with E-state index in [0.29, 0.717) is 6.61 Å². The number of hydrogen-bond acceptors (Lipinski definition) is 3. The van der Waals surface area contributed by atoms with E-state index in [1.807, 2.05) is 42.0 Å². The van der Waals surface area contributed by atoms with Crippen molar-refractivity contribution >= 4 is 11.6 Å². The highest BCUT2D eigenvalue weighted by atomic mass is 16.5. The highest BCUT2D eigenvalue weighted by Crippen LogP contribution is 2.27. The van der Waals surface area contributed by atoms with Crippen LogP contribution in [0.1, 0.15) is 37.1 Å². The second kappa shape index (κ2) is 8.30. The zero-order chi connectivity index (χ0) is 19.3. The molecule has 1 aliphatic carbocycles. The summed E-state index contributed by atoms with van der Waals surface area (Å²) in [6, 6.07) is 15.8. The van der Waals surface area contributed by atoms with Gasteiger partial charge in [0.1, 0.15) is 18.2 Å². The van der Waals surface area contributed by atoms with Crippen molar-refractivity contribution in [3.05, 3.63) is 72.3 Å². The lowest BCUT2D eigenvalue weighted by atomic mass is 10.1. The third-order valence-electron chi connectivity index (χ3n) is 5.27. The number of anilines is 1. The zero-order valence-corrected chi connectivity index (χ0v) is 16.1. The third kappa shape index (κ3) is 4.25. The van der Waals surface area contributed by atoms with Crippen LogP contribution in [0.5, 0.6) is 5.75 Å². The van der Waals surface area contributed by atoms with Gasteiger partial charge in [0.25, 0.3) is 0 Å². The Morgan fingerprint density at radius 3 is 2.68 bits per heavy atom. The molecule has 1 fully saturated rings. The summed E-state index contributed by atoms with van der Waals surface area (Å²) < 4.78 is 7.97. The SMILES string of the molecule is Cc1nccn1-c1ccc(COc2cccc(NC(=O)C3CCCC3)c2)cc1. The van der Waals surface area contributed by atoms with E-state index in [2.05, 4.69) is 34.6 Å². The van der Waals surface area contributed by atoms with Gasteiger partial charge in [0.05, 0.1) is 0 Å². The molecule has 1 aromatic heterocycles. The number of benzene rings is 2. The normalized spacial score (nSPS) is 14.2. The number of carbonyl (C=O) groups excluding carboxylic acids is 1. The second-order valence-corrected chi connectivity index (χ2v) is 7.30. The van der Waals surface area contributed by atoms with E-state index in [1.54, 1.807) is 6.20 Å². The van der Waals surface area contributed by atoms with Crippen LogP contribution in [0.25, 0.3) is 5.69 Å². The molecule has 0 bridgehead atoms. The van der Waals surface area contributed by atoms with Crippen LogP contribution >= 0.6 is 0 Å². The van der Waals surface area contributed by atoms with Crippen molar-refractivity contribution in [3.63, 3.8) is 0 Å². The van der Waals surface area contributed by atoms with Crippen molar-refractivity contribution in [2.75, 3.05) is 5.32 Å². The van der Waals surface area contributed by atoms with E-state index >= 15 is 0 Å². The van der Waals surface area contributed by atoms with Crippen LogP contribution < -0.4 is 10.1 Å². The van der Waals surface area contributed by atoms with Gasteiger partial charge in [-0.15, -0.1) is 0 Å². The van der Waals surface area contributed by atoms with Gasteiger partial charge in [-0.05, 0) is 49.6 Å². The van der Waals surface area contributed by atoms with Crippen molar-refractivity contribution in [2.45, 2.75) is 39.2 Å². The van der Waals surface area contributed by atoms with Crippen LogP contribution in [0.4, 0.5) is 5.69 Å². The lowest BCUT2D eigenvalue weighted by Gasteiger charge is -2.12. The largest absolute Gasteiger partial charge is 0.489 e. The first-order valence-electron chi connectivity index (χ1n) is 9.82. The van der Waals surface area contributed by atoms with Crippen LogP contribution in [0.2, 0.25) is 0 Å². The maximum atomic E-state index is 12.3. The average molecular weight is 375 g/mol. The van der Waals surface area contributed by atoms with Crippen molar-refractivity contribution in [1.29, 1.82) is 0 Å². The lowest BCUT2D eigenvalue weighted by molar-refractivity contribution is -0.119. The molecular weight excluding hydrogens is 350 g/mol. The summed E-state index contributed by atoms with van der Waals surface area (Å²) in [5, 5.41) is 3.02. The molecular formula is C23H25N3O2. The number of imidazole rings is 1. The predicted molar refractivity (Wildman–Crippen MR) is 110 cm³/mol. The standard InChI is InChI=1S/C23H25N3O2/c1-17-24-13-14-26(17)21-11-9-18(10-12-21)16-28-22-8-4-7-20(15-22)25-23(27)19-5-2-3-6-19/h4,7-15,19H,2-3,5-6,16H2,1H3,(H,25,27). The monoisotopic (exact) mass is 375 g/mol. The molecule has 144 valence electrons. The van der Waals surface area contributed by atoms with Gasteiger partial charge in [-0.2, -0.15) is 0 Å². The fourth-order valence-corrected chi connectivity index (χ4v) is 3.67. The zero-order valence-electron chi connectivity index (χ0n) is 16.1. The van der Waals surface area contributed by atoms with Crippen LogP contribution in [-0.2, 0) is 11.4 Å². The summed E-state index contributed by atoms with van der Waals surface area (Å²) in [5.41, 5.74) is 2.96. The number of carbonyl (C=O) groups is 1. The molecule has 0 unspecified atom stereocenters. The fraction of sp³-hybridized carbons (Fsp3) is 0.304. The maximum absolute atomic E-state index is 12.3. The number of nitrogens with zero attached hydrogens (tertiary/aromatic N) is 2. The Labute approximate surface area is 165 Å². The maximum Gasteiger partial charge on any atom is 0.227 e. The first-order valence-corrected chi connectivity index (χ1v) is 9.82. The molecule has 0 aliphatic heterocycles. The summed E-state index contributed by atoms with van der Waals surface area (Å²) in [5.74, 6) is 1.99. The van der Waals surface area contributed by atoms with E-state index in [9.17, 15) is 4.79 Å². The second-order valence-electron chi connectivity index (χ2n) is 7.30. The van der Waals surface area contributed by atoms with E-state index in [-0.39, 0.29) is 11.8 Å². The Hall–Kier alpha value is -3.08. The fourth-order valence-electron chi connectivity index (χ4n) is 3.67. The number of aromatic nitrogens is 2. The number of hydrogen-bond donors (Lipinski definition) is 1.